The number of hydrogen-bond acceptors (Lipinski definition) is 4. The molecule has 1 heterocycles. The Morgan fingerprint density at radius 1 is 1.21 bits per heavy atom. The van der Waals surface area contributed by atoms with Crippen LogP contribution in [0, 0.1) is 0 Å². The third-order valence-electron chi connectivity index (χ3n) is 2.70. The van der Waals surface area contributed by atoms with Gasteiger partial charge in [0.15, 0.2) is 0 Å². The Balaban J connectivity index is 1.80. The summed E-state index contributed by atoms with van der Waals surface area (Å²) in [4.78, 5) is 4.42. The number of rotatable bonds is 3. The van der Waals surface area contributed by atoms with Crippen LogP contribution >= 0.6 is 27.3 Å². The molecule has 0 aliphatic carbocycles. The van der Waals surface area contributed by atoms with Crippen LogP contribution in [0.1, 0.15) is 5.56 Å². The molecule has 19 heavy (non-hydrogen) atoms. The van der Waals surface area contributed by atoms with Crippen molar-refractivity contribution in [2.75, 3.05) is 5.73 Å². The van der Waals surface area contributed by atoms with E-state index in [2.05, 4.69) is 20.9 Å². The predicted molar refractivity (Wildman–Crippen MR) is 82.5 cm³/mol. The van der Waals surface area contributed by atoms with Gasteiger partial charge < -0.3 is 10.5 Å². The van der Waals surface area contributed by atoms with E-state index < -0.39 is 0 Å². The number of nitrogen functional groups attached to an aromatic ring is 1. The zero-order chi connectivity index (χ0) is 13.2. The van der Waals surface area contributed by atoms with E-state index in [1.54, 1.807) is 0 Å². The molecule has 0 fully saturated rings. The monoisotopic (exact) mass is 334 g/mol. The van der Waals surface area contributed by atoms with E-state index in [9.17, 15) is 0 Å². The lowest BCUT2D eigenvalue weighted by molar-refractivity contribution is 0.304. The van der Waals surface area contributed by atoms with Gasteiger partial charge in [0.05, 0.1) is 10.2 Å². The number of aromatic nitrogens is 1. The summed E-state index contributed by atoms with van der Waals surface area (Å²) in [7, 11) is 0. The summed E-state index contributed by atoms with van der Waals surface area (Å²) in [5.74, 6) is 0. The van der Waals surface area contributed by atoms with Crippen LogP contribution in [0.4, 0.5) is 5.69 Å². The van der Waals surface area contributed by atoms with Crippen LogP contribution in [0.15, 0.2) is 46.9 Å². The average Bonchev–Trinajstić information content (AvgIpc) is 2.79. The van der Waals surface area contributed by atoms with Crippen LogP contribution in [0.25, 0.3) is 10.2 Å². The van der Waals surface area contributed by atoms with Gasteiger partial charge in [0.25, 0.3) is 5.19 Å². The minimum absolute atomic E-state index is 0.497. The molecule has 3 aromatic rings. The van der Waals surface area contributed by atoms with Gasteiger partial charge in [-0.25, -0.2) is 4.98 Å². The van der Waals surface area contributed by atoms with Gasteiger partial charge in [0.1, 0.15) is 6.61 Å². The van der Waals surface area contributed by atoms with Gasteiger partial charge in [0.2, 0.25) is 0 Å². The van der Waals surface area contributed by atoms with E-state index in [1.807, 2.05) is 42.5 Å². The molecule has 96 valence electrons. The maximum atomic E-state index is 5.75. The molecule has 0 atom stereocenters. The van der Waals surface area contributed by atoms with Gasteiger partial charge in [-0.1, -0.05) is 45.5 Å². The molecule has 0 amide bonds. The Hall–Kier alpha value is -1.59. The fourth-order valence-corrected chi connectivity index (χ4v) is 3.00. The highest BCUT2D eigenvalue weighted by atomic mass is 79.9. The summed E-state index contributed by atoms with van der Waals surface area (Å²) < 4.78 is 7.82. The first kappa shape index (κ1) is 12.4. The van der Waals surface area contributed by atoms with Crippen molar-refractivity contribution >= 4 is 43.2 Å². The second-order valence-corrected chi connectivity index (χ2v) is 5.93. The molecule has 0 unspecified atom stereocenters. The molecule has 0 aliphatic rings. The van der Waals surface area contributed by atoms with E-state index in [-0.39, 0.29) is 0 Å². The highest BCUT2D eigenvalue weighted by molar-refractivity contribution is 9.10. The number of nitrogens with zero attached hydrogens (tertiary/aromatic N) is 1. The van der Waals surface area contributed by atoms with Gasteiger partial charge >= 0.3 is 0 Å². The van der Waals surface area contributed by atoms with Crippen LogP contribution < -0.4 is 10.5 Å². The Kier molecular flexibility index (Phi) is 3.40. The van der Waals surface area contributed by atoms with Crippen molar-refractivity contribution in [3.63, 3.8) is 0 Å². The summed E-state index contributed by atoms with van der Waals surface area (Å²) in [5, 5.41) is 0.663. The molecule has 0 aliphatic heterocycles. The Bertz CT molecular complexity index is 726. The lowest BCUT2D eigenvalue weighted by Crippen LogP contribution is -1.95. The van der Waals surface area contributed by atoms with Crippen molar-refractivity contribution in [3.05, 3.63) is 52.5 Å². The summed E-state index contributed by atoms with van der Waals surface area (Å²) in [5.41, 5.74) is 8.51. The number of hydrogen-bond donors (Lipinski definition) is 1. The van der Waals surface area contributed by atoms with Crippen LogP contribution in [0.5, 0.6) is 5.19 Å². The van der Waals surface area contributed by atoms with Crippen molar-refractivity contribution in [1.82, 2.24) is 4.98 Å². The van der Waals surface area contributed by atoms with Crippen molar-refractivity contribution in [1.29, 1.82) is 0 Å². The lowest BCUT2D eigenvalue weighted by Gasteiger charge is -2.04. The molecule has 0 spiro atoms. The third-order valence-corrected chi connectivity index (χ3v) is 4.41. The highest BCUT2D eigenvalue weighted by Gasteiger charge is 2.06. The van der Waals surface area contributed by atoms with Gasteiger partial charge in [-0.2, -0.15) is 0 Å². The SMILES string of the molecule is Nc1ccc2nc(OCc3ccccc3Br)sc2c1. The second-order valence-electron chi connectivity index (χ2n) is 4.09. The molecule has 1 aromatic heterocycles. The number of nitrogens with two attached hydrogens (primary N) is 1. The van der Waals surface area contributed by atoms with Gasteiger partial charge in [0, 0.05) is 15.7 Å². The van der Waals surface area contributed by atoms with E-state index in [1.165, 1.54) is 11.3 Å². The topological polar surface area (TPSA) is 48.1 Å². The number of benzene rings is 2. The van der Waals surface area contributed by atoms with E-state index in [0.29, 0.717) is 11.8 Å². The fourth-order valence-electron chi connectivity index (χ4n) is 1.74. The van der Waals surface area contributed by atoms with Crippen LogP contribution in [0.2, 0.25) is 0 Å². The Morgan fingerprint density at radius 2 is 2.05 bits per heavy atom. The first-order chi connectivity index (χ1) is 9.22. The van der Waals surface area contributed by atoms with E-state index in [0.717, 1.165) is 25.9 Å². The quantitative estimate of drug-likeness (QED) is 0.729. The molecule has 3 nitrogen and oxygen atoms in total. The third kappa shape index (κ3) is 2.72. The van der Waals surface area contributed by atoms with Crippen LogP contribution in [0.3, 0.4) is 0 Å². The largest absolute Gasteiger partial charge is 0.465 e. The lowest BCUT2D eigenvalue weighted by atomic mass is 10.2. The summed E-state index contributed by atoms with van der Waals surface area (Å²) in [6.45, 7) is 0.497. The molecular weight excluding hydrogens is 324 g/mol. The van der Waals surface area contributed by atoms with Crippen LogP contribution in [-0.2, 0) is 6.61 Å². The van der Waals surface area contributed by atoms with E-state index >= 15 is 0 Å². The van der Waals surface area contributed by atoms with Crippen molar-refractivity contribution in [2.24, 2.45) is 0 Å². The maximum Gasteiger partial charge on any atom is 0.274 e. The Labute approximate surface area is 123 Å². The molecule has 5 heteroatoms. The van der Waals surface area contributed by atoms with Crippen molar-refractivity contribution in [2.45, 2.75) is 6.61 Å². The minimum atomic E-state index is 0.497. The number of fused-ring (bicyclic) bond motifs is 1. The van der Waals surface area contributed by atoms with Crippen molar-refractivity contribution < 1.29 is 4.74 Å². The van der Waals surface area contributed by atoms with Gasteiger partial charge in [-0.05, 0) is 24.3 Å². The van der Waals surface area contributed by atoms with Gasteiger partial charge in [-0.15, -0.1) is 0 Å². The minimum Gasteiger partial charge on any atom is -0.465 e. The average molecular weight is 335 g/mol. The zero-order valence-corrected chi connectivity index (χ0v) is 12.4. The standard InChI is InChI=1S/C14H11BrN2OS/c15-11-4-2-1-3-9(11)8-18-14-17-12-6-5-10(16)7-13(12)19-14/h1-7H,8,16H2. The molecule has 3 rings (SSSR count). The number of thiazole rings is 1. The zero-order valence-electron chi connectivity index (χ0n) is 9.97. The van der Waals surface area contributed by atoms with Gasteiger partial charge in [-0.3, -0.25) is 0 Å². The first-order valence-electron chi connectivity index (χ1n) is 5.74. The molecule has 2 N–H and O–H groups in total. The smallest absolute Gasteiger partial charge is 0.274 e. The molecule has 0 saturated heterocycles. The molecule has 0 saturated carbocycles. The van der Waals surface area contributed by atoms with Crippen LogP contribution in [-0.4, -0.2) is 4.98 Å². The predicted octanol–water partition coefficient (Wildman–Crippen LogP) is 4.22. The molecular formula is C14H11BrN2OS. The number of halogens is 1. The maximum absolute atomic E-state index is 5.75. The molecule has 0 bridgehead atoms. The van der Waals surface area contributed by atoms with Crippen molar-refractivity contribution in [3.8, 4) is 5.19 Å². The number of ether oxygens (including phenoxy) is 1. The normalized spacial score (nSPS) is 10.8. The first-order valence-corrected chi connectivity index (χ1v) is 7.35. The summed E-state index contributed by atoms with van der Waals surface area (Å²) in [6.07, 6.45) is 0. The highest BCUT2D eigenvalue weighted by Crippen LogP contribution is 2.30. The van der Waals surface area contributed by atoms with E-state index in [4.69, 9.17) is 10.5 Å². The second kappa shape index (κ2) is 5.19. The summed E-state index contributed by atoms with van der Waals surface area (Å²) >= 11 is 5.01. The fraction of sp³-hybridized carbons (Fsp3) is 0.0714. The molecule has 2 aromatic carbocycles. The molecule has 0 radical (unpaired) electrons. The Morgan fingerprint density at radius 3 is 2.89 bits per heavy atom. The summed E-state index contributed by atoms with van der Waals surface area (Å²) in [6, 6.07) is 13.7. The number of anilines is 1.